The highest BCUT2D eigenvalue weighted by atomic mass is 16.2. The zero-order valence-electron chi connectivity index (χ0n) is 10.3. The monoisotopic (exact) mass is 270 g/mol. The predicted octanol–water partition coefficient (Wildman–Crippen LogP) is 0.903. The largest absolute Gasteiger partial charge is 0.341 e. The smallest absolute Gasteiger partial charge is 0.327 e. The van der Waals surface area contributed by atoms with Gasteiger partial charge in [-0.2, -0.15) is 5.26 Å². The van der Waals surface area contributed by atoms with Gasteiger partial charge in [-0.1, -0.05) is 18.2 Å². The van der Waals surface area contributed by atoms with Gasteiger partial charge in [-0.05, 0) is 12.1 Å². The van der Waals surface area contributed by atoms with E-state index >= 15 is 0 Å². The van der Waals surface area contributed by atoms with Crippen molar-refractivity contribution >= 4 is 17.3 Å². The first kappa shape index (κ1) is 13.3. The molecule has 0 aliphatic carbocycles. The second kappa shape index (κ2) is 5.67. The second-order valence-electron chi connectivity index (χ2n) is 3.91. The van der Waals surface area contributed by atoms with Crippen LogP contribution in [0.15, 0.2) is 39.9 Å². The molecule has 20 heavy (non-hydrogen) atoms. The first-order valence-corrected chi connectivity index (χ1v) is 5.70. The van der Waals surface area contributed by atoms with Gasteiger partial charge in [0.05, 0.1) is 12.5 Å². The molecule has 2 aromatic rings. The van der Waals surface area contributed by atoms with Gasteiger partial charge < -0.3 is 5.32 Å². The first-order chi connectivity index (χ1) is 9.61. The molecule has 0 atom stereocenters. The van der Waals surface area contributed by atoms with Gasteiger partial charge in [0.1, 0.15) is 11.4 Å². The SMILES string of the molecule is N#CCC(=O)c1c(Nc2ccccc2)[nH]c(=O)[nH]c1=O. The molecule has 0 radical (unpaired) electrons. The maximum atomic E-state index is 11.8. The molecule has 3 N–H and O–H groups in total. The molecule has 0 unspecified atom stereocenters. The molecular formula is C13H10N4O3. The third-order valence-corrected chi connectivity index (χ3v) is 2.50. The second-order valence-corrected chi connectivity index (χ2v) is 3.91. The zero-order chi connectivity index (χ0) is 14.5. The van der Waals surface area contributed by atoms with E-state index in [4.69, 9.17) is 5.26 Å². The van der Waals surface area contributed by atoms with Crippen molar-refractivity contribution in [3.63, 3.8) is 0 Å². The number of para-hydroxylation sites is 1. The van der Waals surface area contributed by atoms with Gasteiger partial charge in [0.25, 0.3) is 5.56 Å². The number of Topliss-reactive ketones (excluding diaryl/α,β-unsaturated/α-hetero) is 1. The number of benzene rings is 1. The number of aromatic nitrogens is 2. The number of aromatic amines is 2. The molecule has 0 aliphatic rings. The van der Waals surface area contributed by atoms with Crippen LogP contribution in [0.2, 0.25) is 0 Å². The fourth-order valence-corrected chi connectivity index (χ4v) is 1.67. The van der Waals surface area contributed by atoms with E-state index in [9.17, 15) is 14.4 Å². The lowest BCUT2D eigenvalue weighted by Crippen LogP contribution is -2.29. The van der Waals surface area contributed by atoms with Crippen LogP contribution >= 0.6 is 0 Å². The van der Waals surface area contributed by atoms with E-state index in [1.54, 1.807) is 36.4 Å². The van der Waals surface area contributed by atoms with Gasteiger partial charge in [-0.3, -0.25) is 19.6 Å². The van der Waals surface area contributed by atoms with Crippen LogP contribution in [0.1, 0.15) is 16.8 Å². The van der Waals surface area contributed by atoms with Gasteiger partial charge in [0.2, 0.25) is 0 Å². The van der Waals surface area contributed by atoms with Gasteiger partial charge in [-0.25, -0.2) is 4.79 Å². The van der Waals surface area contributed by atoms with Crippen LogP contribution in [-0.2, 0) is 0 Å². The van der Waals surface area contributed by atoms with Crippen LogP contribution in [0.3, 0.4) is 0 Å². The highest BCUT2D eigenvalue weighted by Crippen LogP contribution is 2.15. The molecular weight excluding hydrogens is 260 g/mol. The summed E-state index contributed by atoms with van der Waals surface area (Å²) >= 11 is 0. The first-order valence-electron chi connectivity index (χ1n) is 5.70. The van der Waals surface area contributed by atoms with Crippen molar-refractivity contribution < 1.29 is 4.79 Å². The third kappa shape index (κ3) is 2.81. The quantitative estimate of drug-likeness (QED) is 0.713. The van der Waals surface area contributed by atoms with E-state index in [2.05, 4.69) is 10.3 Å². The Labute approximate surface area is 112 Å². The molecule has 0 saturated heterocycles. The van der Waals surface area contributed by atoms with Crippen molar-refractivity contribution in [3.8, 4) is 6.07 Å². The number of anilines is 2. The molecule has 7 nitrogen and oxygen atoms in total. The van der Waals surface area contributed by atoms with Crippen molar-refractivity contribution in [2.45, 2.75) is 6.42 Å². The van der Waals surface area contributed by atoms with Crippen molar-refractivity contribution in [2.75, 3.05) is 5.32 Å². The lowest BCUT2D eigenvalue weighted by atomic mass is 10.1. The molecule has 1 aromatic carbocycles. The van der Waals surface area contributed by atoms with E-state index < -0.39 is 23.5 Å². The van der Waals surface area contributed by atoms with Crippen molar-refractivity contribution in [2.24, 2.45) is 0 Å². The number of H-pyrrole nitrogens is 2. The minimum absolute atomic E-state index is 0.0230. The molecule has 1 aromatic heterocycles. The maximum Gasteiger partial charge on any atom is 0.327 e. The van der Waals surface area contributed by atoms with Gasteiger partial charge in [-0.15, -0.1) is 0 Å². The summed E-state index contributed by atoms with van der Waals surface area (Å²) in [5.41, 5.74) is -1.23. The summed E-state index contributed by atoms with van der Waals surface area (Å²) in [6.07, 6.45) is -0.446. The topological polar surface area (TPSA) is 119 Å². The summed E-state index contributed by atoms with van der Waals surface area (Å²) in [6.45, 7) is 0. The molecule has 0 fully saturated rings. The molecule has 0 aliphatic heterocycles. The predicted molar refractivity (Wildman–Crippen MR) is 72.0 cm³/mol. The fraction of sp³-hybridized carbons (Fsp3) is 0.0769. The number of rotatable bonds is 4. The Morgan fingerprint density at radius 3 is 2.55 bits per heavy atom. The normalized spacial score (nSPS) is 9.75. The zero-order valence-corrected chi connectivity index (χ0v) is 10.3. The standard InChI is InChI=1S/C13H10N4O3/c14-7-6-9(18)10-11(16-13(20)17-12(10)19)15-8-4-2-1-3-5-8/h1-5H,6H2,(H3,15,16,17,19,20). The van der Waals surface area contributed by atoms with E-state index in [1.165, 1.54) is 0 Å². The van der Waals surface area contributed by atoms with Gasteiger partial charge >= 0.3 is 5.69 Å². The van der Waals surface area contributed by atoms with E-state index in [1.807, 2.05) is 4.98 Å². The van der Waals surface area contributed by atoms with E-state index in [0.29, 0.717) is 5.69 Å². The number of nitrogens with one attached hydrogen (secondary N) is 3. The van der Waals surface area contributed by atoms with E-state index in [-0.39, 0.29) is 11.4 Å². The van der Waals surface area contributed by atoms with Crippen LogP contribution in [-0.4, -0.2) is 15.8 Å². The fourth-order valence-electron chi connectivity index (χ4n) is 1.67. The van der Waals surface area contributed by atoms with E-state index in [0.717, 1.165) is 0 Å². The molecule has 2 rings (SSSR count). The Morgan fingerprint density at radius 2 is 1.90 bits per heavy atom. The molecule has 100 valence electrons. The summed E-state index contributed by atoms with van der Waals surface area (Å²) in [5.74, 6) is -0.686. The summed E-state index contributed by atoms with van der Waals surface area (Å²) in [6, 6.07) is 10.4. The molecule has 0 spiro atoms. The van der Waals surface area contributed by atoms with Crippen LogP contribution < -0.4 is 16.6 Å². The number of nitrogens with zero attached hydrogens (tertiary/aromatic N) is 1. The molecule has 0 amide bonds. The summed E-state index contributed by atoms with van der Waals surface area (Å²) in [5, 5.41) is 11.3. The lowest BCUT2D eigenvalue weighted by Gasteiger charge is -2.08. The Bertz CT molecular complexity index is 784. The van der Waals surface area contributed by atoms with Crippen LogP contribution in [0.4, 0.5) is 11.5 Å². The van der Waals surface area contributed by atoms with Gasteiger partial charge in [0.15, 0.2) is 5.78 Å². The van der Waals surface area contributed by atoms with Crippen molar-refractivity contribution in [1.82, 2.24) is 9.97 Å². The summed E-state index contributed by atoms with van der Waals surface area (Å²) in [4.78, 5) is 39.1. The third-order valence-electron chi connectivity index (χ3n) is 2.50. The minimum atomic E-state index is -0.826. The van der Waals surface area contributed by atoms with Gasteiger partial charge in [0, 0.05) is 5.69 Å². The number of hydrogen-bond donors (Lipinski definition) is 3. The number of carbonyl (C=O) groups excluding carboxylic acids is 1. The average molecular weight is 270 g/mol. The molecule has 1 heterocycles. The van der Waals surface area contributed by atoms with Crippen LogP contribution in [0.25, 0.3) is 0 Å². The Kier molecular flexibility index (Phi) is 3.77. The average Bonchev–Trinajstić information content (AvgIpc) is 2.39. The number of hydrogen-bond acceptors (Lipinski definition) is 5. The number of ketones is 1. The highest BCUT2D eigenvalue weighted by molar-refractivity contribution is 6.01. The Balaban J connectivity index is 2.51. The number of nitriles is 1. The lowest BCUT2D eigenvalue weighted by molar-refractivity contribution is 0.0996. The summed E-state index contributed by atoms with van der Waals surface area (Å²) < 4.78 is 0. The molecule has 0 bridgehead atoms. The van der Waals surface area contributed by atoms with Crippen molar-refractivity contribution in [1.29, 1.82) is 5.26 Å². The summed E-state index contributed by atoms with van der Waals surface area (Å²) in [7, 11) is 0. The molecule has 7 heteroatoms. The van der Waals surface area contributed by atoms with Crippen molar-refractivity contribution in [3.05, 3.63) is 56.7 Å². The minimum Gasteiger partial charge on any atom is -0.341 e. The number of carbonyl (C=O) groups is 1. The van der Waals surface area contributed by atoms with Crippen LogP contribution in [0, 0.1) is 11.3 Å². The van der Waals surface area contributed by atoms with Crippen LogP contribution in [0.5, 0.6) is 0 Å². The maximum absolute atomic E-state index is 11.8. The Hall–Kier alpha value is -3.14. The highest BCUT2D eigenvalue weighted by Gasteiger charge is 2.17. The Morgan fingerprint density at radius 1 is 1.20 bits per heavy atom. The molecule has 0 saturated carbocycles.